The molecule has 1 N–H and O–H groups in total. The van der Waals surface area contributed by atoms with Crippen LogP contribution >= 0.6 is 0 Å². The molecule has 0 spiro atoms. The molecule has 2 atom stereocenters. The second kappa shape index (κ2) is 3.44. The van der Waals surface area contributed by atoms with Crippen LogP contribution < -0.4 is 0 Å². The monoisotopic (exact) mass is 227 g/mol. The molecule has 0 aromatic rings. The number of rotatable bonds is 1. The van der Waals surface area contributed by atoms with Crippen molar-refractivity contribution in [1.29, 1.82) is 0 Å². The number of nitrogens with zero attached hydrogens (tertiary/aromatic N) is 1. The normalized spacial score (nSPS) is 42.8. The lowest BCUT2D eigenvalue weighted by molar-refractivity contribution is -0.0802. The minimum absolute atomic E-state index is 0.0391. The first kappa shape index (κ1) is 12.3. The van der Waals surface area contributed by atoms with Gasteiger partial charge in [0.1, 0.15) is 0 Å². The number of β-amino-alcohol motifs (C(OH)–C–C–N with tert-alkyl or cyclic N) is 1. The maximum absolute atomic E-state index is 10.0. The molecule has 16 heavy (non-hydrogen) atoms. The van der Waals surface area contributed by atoms with Crippen LogP contribution in [-0.4, -0.2) is 45.9 Å². The molecular weight excluding hydrogens is 202 g/mol. The summed E-state index contributed by atoms with van der Waals surface area (Å²) >= 11 is 0. The summed E-state index contributed by atoms with van der Waals surface area (Å²) in [5.41, 5.74) is -0.657. The van der Waals surface area contributed by atoms with Crippen LogP contribution in [0, 0.1) is 0 Å². The van der Waals surface area contributed by atoms with E-state index in [0.717, 1.165) is 25.9 Å². The summed E-state index contributed by atoms with van der Waals surface area (Å²) < 4.78 is 6.11. The Morgan fingerprint density at radius 1 is 1.19 bits per heavy atom. The highest BCUT2D eigenvalue weighted by Crippen LogP contribution is 2.42. The van der Waals surface area contributed by atoms with E-state index in [1.54, 1.807) is 0 Å². The van der Waals surface area contributed by atoms with Crippen LogP contribution in [0.5, 0.6) is 0 Å². The van der Waals surface area contributed by atoms with E-state index in [4.69, 9.17) is 4.74 Å². The van der Waals surface area contributed by atoms with Crippen LogP contribution in [-0.2, 0) is 4.74 Å². The molecule has 2 saturated heterocycles. The molecule has 3 heteroatoms. The highest BCUT2D eigenvalue weighted by Gasteiger charge is 2.50. The average molecular weight is 227 g/mol. The van der Waals surface area contributed by atoms with E-state index in [1.165, 1.54) is 0 Å². The van der Waals surface area contributed by atoms with Crippen molar-refractivity contribution in [1.82, 2.24) is 4.90 Å². The van der Waals surface area contributed by atoms with Crippen molar-refractivity contribution in [3.8, 4) is 0 Å². The van der Waals surface area contributed by atoms with Crippen LogP contribution in [0.15, 0.2) is 0 Å². The highest BCUT2D eigenvalue weighted by atomic mass is 16.5. The SMILES string of the molecule is CC1(O)CCN(C2CC(C)(C)OC2(C)C)C1. The molecule has 0 aromatic heterocycles. The summed E-state index contributed by atoms with van der Waals surface area (Å²) in [4.78, 5) is 2.40. The molecule has 3 nitrogen and oxygen atoms in total. The molecule has 2 aliphatic heterocycles. The van der Waals surface area contributed by atoms with Crippen LogP contribution in [0.4, 0.5) is 0 Å². The zero-order valence-electron chi connectivity index (χ0n) is 11.2. The molecule has 0 bridgehead atoms. The predicted molar refractivity (Wildman–Crippen MR) is 64.5 cm³/mol. The Bertz CT molecular complexity index is 284. The molecule has 0 saturated carbocycles. The van der Waals surface area contributed by atoms with Crippen LogP contribution in [0.2, 0.25) is 0 Å². The van der Waals surface area contributed by atoms with Crippen molar-refractivity contribution in [2.24, 2.45) is 0 Å². The zero-order chi connectivity index (χ0) is 12.2. The van der Waals surface area contributed by atoms with E-state index in [0.29, 0.717) is 6.04 Å². The summed E-state index contributed by atoms with van der Waals surface area (Å²) in [6.07, 6.45) is 1.93. The Morgan fingerprint density at radius 3 is 2.19 bits per heavy atom. The molecule has 2 unspecified atom stereocenters. The standard InChI is InChI=1S/C13H25NO2/c1-11(2)8-10(12(3,4)16-11)14-7-6-13(5,15)9-14/h10,15H,6-9H2,1-5H3. The van der Waals surface area contributed by atoms with Gasteiger partial charge >= 0.3 is 0 Å². The van der Waals surface area contributed by atoms with Crippen molar-refractivity contribution in [3.05, 3.63) is 0 Å². The van der Waals surface area contributed by atoms with Crippen molar-refractivity contribution < 1.29 is 9.84 Å². The van der Waals surface area contributed by atoms with Gasteiger partial charge in [-0.2, -0.15) is 0 Å². The van der Waals surface area contributed by atoms with Gasteiger partial charge in [0.25, 0.3) is 0 Å². The van der Waals surface area contributed by atoms with Crippen molar-refractivity contribution in [2.45, 2.75) is 70.3 Å². The van der Waals surface area contributed by atoms with Crippen molar-refractivity contribution >= 4 is 0 Å². The summed E-state index contributed by atoms with van der Waals surface area (Å²) in [7, 11) is 0. The minimum atomic E-state index is -0.511. The second-order valence-electron chi connectivity index (χ2n) is 6.90. The molecule has 2 aliphatic rings. The lowest BCUT2D eigenvalue weighted by Crippen LogP contribution is -2.46. The van der Waals surface area contributed by atoms with Crippen LogP contribution in [0.25, 0.3) is 0 Å². The quantitative estimate of drug-likeness (QED) is 0.741. The van der Waals surface area contributed by atoms with Gasteiger partial charge in [0.2, 0.25) is 0 Å². The summed E-state index contributed by atoms with van der Waals surface area (Å²) in [6, 6.07) is 0.427. The van der Waals surface area contributed by atoms with Gasteiger partial charge in [-0.1, -0.05) is 0 Å². The second-order valence-corrected chi connectivity index (χ2v) is 6.90. The van der Waals surface area contributed by atoms with Gasteiger partial charge in [0.15, 0.2) is 0 Å². The summed E-state index contributed by atoms with van der Waals surface area (Å²) in [5, 5.41) is 10.0. The molecule has 0 amide bonds. The van der Waals surface area contributed by atoms with E-state index in [-0.39, 0.29) is 11.2 Å². The Morgan fingerprint density at radius 2 is 1.81 bits per heavy atom. The maximum Gasteiger partial charge on any atom is 0.0789 e. The van der Waals surface area contributed by atoms with Crippen molar-refractivity contribution in [2.75, 3.05) is 13.1 Å². The Labute approximate surface area is 98.8 Å². The molecule has 0 aliphatic carbocycles. The smallest absolute Gasteiger partial charge is 0.0789 e. The third-order valence-corrected chi connectivity index (χ3v) is 3.95. The molecule has 94 valence electrons. The molecule has 0 radical (unpaired) electrons. The largest absolute Gasteiger partial charge is 0.389 e. The van der Waals surface area contributed by atoms with E-state index in [9.17, 15) is 5.11 Å². The molecule has 2 rings (SSSR count). The third-order valence-electron chi connectivity index (χ3n) is 3.95. The Kier molecular flexibility index (Phi) is 2.65. The topological polar surface area (TPSA) is 32.7 Å². The van der Waals surface area contributed by atoms with Gasteiger partial charge in [0.05, 0.1) is 16.8 Å². The highest BCUT2D eigenvalue weighted by molar-refractivity contribution is 5.03. The van der Waals surface area contributed by atoms with Crippen LogP contribution in [0.3, 0.4) is 0 Å². The van der Waals surface area contributed by atoms with Gasteiger partial charge < -0.3 is 9.84 Å². The van der Waals surface area contributed by atoms with Crippen LogP contribution in [0.1, 0.15) is 47.5 Å². The fraction of sp³-hybridized carbons (Fsp3) is 1.00. The Balaban J connectivity index is 2.11. The number of hydrogen-bond donors (Lipinski definition) is 1. The molecular formula is C13H25NO2. The fourth-order valence-electron chi connectivity index (χ4n) is 3.35. The van der Waals surface area contributed by atoms with Gasteiger partial charge in [-0.05, 0) is 47.5 Å². The number of ether oxygens (including phenoxy) is 1. The summed E-state index contributed by atoms with van der Waals surface area (Å²) in [5.74, 6) is 0. The lowest BCUT2D eigenvalue weighted by Gasteiger charge is -2.34. The fourth-order valence-corrected chi connectivity index (χ4v) is 3.35. The molecule has 0 aromatic carbocycles. The van der Waals surface area contributed by atoms with Gasteiger partial charge in [-0.15, -0.1) is 0 Å². The van der Waals surface area contributed by atoms with E-state index in [1.807, 2.05) is 6.92 Å². The number of aliphatic hydroxyl groups is 1. The average Bonchev–Trinajstić information content (AvgIpc) is 2.48. The van der Waals surface area contributed by atoms with Crippen molar-refractivity contribution in [3.63, 3.8) is 0 Å². The number of likely N-dealkylation sites (tertiary alicyclic amines) is 1. The van der Waals surface area contributed by atoms with E-state index >= 15 is 0 Å². The van der Waals surface area contributed by atoms with E-state index < -0.39 is 5.60 Å². The first-order chi connectivity index (χ1) is 7.11. The first-order valence-corrected chi connectivity index (χ1v) is 6.28. The molecule has 2 heterocycles. The number of hydrogen-bond acceptors (Lipinski definition) is 3. The van der Waals surface area contributed by atoms with Gasteiger partial charge in [0, 0.05) is 19.1 Å². The minimum Gasteiger partial charge on any atom is -0.389 e. The lowest BCUT2D eigenvalue weighted by atomic mass is 9.93. The maximum atomic E-state index is 10.0. The zero-order valence-corrected chi connectivity index (χ0v) is 11.2. The first-order valence-electron chi connectivity index (χ1n) is 6.28. The van der Waals surface area contributed by atoms with E-state index in [2.05, 4.69) is 32.6 Å². The Hall–Kier alpha value is -0.120. The van der Waals surface area contributed by atoms with Gasteiger partial charge in [-0.3, -0.25) is 4.90 Å². The summed E-state index contributed by atoms with van der Waals surface area (Å²) in [6.45, 7) is 12.3. The predicted octanol–water partition coefficient (Wildman–Crippen LogP) is 1.79. The molecule has 2 fully saturated rings. The third kappa shape index (κ3) is 2.27. The van der Waals surface area contributed by atoms with Gasteiger partial charge in [-0.25, -0.2) is 0 Å².